The summed E-state index contributed by atoms with van der Waals surface area (Å²) in [7, 11) is 0. The number of hydrogen-bond donors (Lipinski definition) is 0. The number of halogens is 3. The lowest BCUT2D eigenvalue weighted by Gasteiger charge is -2.03. The highest BCUT2D eigenvalue weighted by Crippen LogP contribution is 2.27. The lowest BCUT2D eigenvalue weighted by Crippen LogP contribution is -1.88. The zero-order chi connectivity index (χ0) is 9.14. The van der Waals surface area contributed by atoms with Crippen LogP contribution in [0.1, 0.15) is 10.9 Å². The third-order valence-electron chi connectivity index (χ3n) is 1.35. The van der Waals surface area contributed by atoms with Crippen LogP contribution in [0.25, 0.3) is 0 Å². The Morgan fingerprint density at radius 2 is 2.25 bits per heavy atom. The SMILES string of the molecule is N#CC(Cl)c1ccc(F)cc1Br. The highest BCUT2D eigenvalue weighted by molar-refractivity contribution is 9.10. The smallest absolute Gasteiger partial charge is 0.146 e. The van der Waals surface area contributed by atoms with Gasteiger partial charge in [-0.1, -0.05) is 22.0 Å². The zero-order valence-corrected chi connectivity index (χ0v) is 8.23. The fourth-order valence-electron chi connectivity index (χ4n) is 0.777. The van der Waals surface area contributed by atoms with Crippen molar-refractivity contribution in [3.63, 3.8) is 0 Å². The predicted molar refractivity (Wildman–Crippen MR) is 48.3 cm³/mol. The molecule has 0 aliphatic heterocycles. The van der Waals surface area contributed by atoms with Crippen molar-refractivity contribution in [1.29, 1.82) is 5.26 Å². The van der Waals surface area contributed by atoms with Crippen LogP contribution in [-0.4, -0.2) is 0 Å². The van der Waals surface area contributed by atoms with Gasteiger partial charge in [-0.3, -0.25) is 0 Å². The van der Waals surface area contributed by atoms with Crippen LogP contribution in [0, 0.1) is 17.1 Å². The lowest BCUT2D eigenvalue weighted by molar-refractivity contribution is 0.626. The molecule has 0 amide bonds. The molecular formula is C8H4BrClFN. The molecule has 0 aliphatic rings. The van der Waals surface area contributed by atoms with E-state index >= 15 is 0 Å². The Kier molecular flexibility index (Phi) is 3.07. The third-order valence-corrected chi connectivity index (χ3v) is 2.37. The van der Waals surface area contributed by atoms with Gasteiger partial charge in [0.25, 0.3) is 0 Å². The van der Waals surface area contributed by atoms with Crippen molar-refractivity contribution in [3.8, 4) is 6.07 Å². The second kappa shape index (κ2) is 3.88. The summed E-state index contributed by atoms with van der Waals surface area (Å²) in [6.07, 6.45) is 0. The molecule has 1 aromatic rings. The van der Waals surface area contributed by atoms with E-state index in [1.54, 1.807) is 0 Å². The van der Waals surface area contributed by atoms with E-state index in [-0.39, 0.29) is 5.82 Å². The maximum atomic E-state index is 12.6. The van der Waals surface area contributed by atoms with Crippen molar-refractivity contribution in [2.45, 2.75) is 5.38 Å². The van der Waals surface area contributed by atoms with Crippen LogP contribution in [0.2, 0.25) is 0 Å². The van der Waals surface area contributed by atoms with Gasteiger partial charge >= 0.3 is 0 Å². The average molecular weight is 248 g/mol. The monoisotopic (exact) mass is 247 g/mol. The topological polar surface area (TPSA) is 23.8 Å². The molecule has 62 valence electrons. The predicted octanol–water partition coefficient (Wildman–Crippen LogP) is 3.39. The van der Waals surface area contributed by atoms with Gasteiger partial charge in [-0.05, 0) is 17.7 Å². The van der Waals surface area contributed by atoms with Gasteiger partial charge in [0.05, 0.1) is 6.07 Å². The first-order valence-corrected chi connectivity index (χ1v) is 4.36. The summed E-state index contributed by atoms with van der Waals surface area (Å²) in [6, 6.07) is 5.89. The second-order valence-electron chi connectivity index (χ2n) is 2.16. The van der Waals surface area contributed by atoms with Crippen molar-refractivity contribution in [2.24, 2.45) is 0 Å². The summed E-state index contributed by atoms with van der Waals surface area (Å²) in [5, 5.41) is 7.75. The summed E-state index contributed by atoms with van der Waals surface area (Å²) in [5.74, 6) is -0.354. The zero-order valence-electron chi connectivity index (χ0n) is 5.89. The van der Waals surface area contributed by atoms with Crippen LogP contribution in [-0.2, 0) is 0 Å². The number of nitriles is 1. The van der Waals surface area contributed by atoms with Crippen LogP contribution >= 0.6 is 27.5 Å². The highest BCUT2D eigenvalue weighted by atomic mass is 79.9. The van der Waals surface area contributed by atoms with E-state index in [2.05, 4.69) is 15.9 Å². The van der Waals surface area contributed by atoms with E-state index in [0.29, 0.717) is 10.0 Å². The number of alkyl halides is 1. The van der Waals surface area contributed by atoms with Crippen LogP contribution in [0.3, 0.4) is 0 Å². The number of nitrogens with zero attached hydrogens (tertiary/aromatic N) is 1. The molecule has 1 rings (SSSR count). The summed E-state index contributed by atoms with van der Waals surface area (Å²) in [6.45, 7) is 0. The molecule has 1 atom stereocenters. The van der Waals surface area contributed by atoms with Crippen molar-refractivity contribution < 1.29 is 4.39 Å². The largest absolute Gasteiger partial charge is 0.207 e. The van der Waals surface area contributed by atoms with Crippen molar-refractivity contribution in [3.05, 3.63) is 34.1 Å². The summed E-state index contributed by atoms with van der Waals surface area (Å²) < 4.78 is 13.1. The van der Waals surface area contributed by atoms with Gasteiger partial charge in [-0.15, -0.1) is 11.6 Å². The molecule has 0 fully saturated rings. The first kappa shape index (κ1) is 9.50. The molecular weight excluding hydrogens is 244 g/mol. The number of benzene rings is 1. The van der Waals surface area contributed by atoms with Crippen LogP contribution in [0.15, 0.2) is 22.7 Å². The number of rotatable bonds is 1. The molecule has 0 radical (unpaired) electrons. The standard InChI is InChI=1S/C8H4BrClFN/c9-7-3-5(11)1-2-6(7)8(10)4-12/h1-3,8H. The first-order chi connectivity index (χ1) is 5.65. The molecule has 0 N–H and O–H groups in total. The summed E-state index contributed by atoms with van der Waals surface area (Å²) in [4.78, 5) is 0. The van der Waals surface area contributed by atoms with Crippen molar-refractivity contribution in [2.75, 3.05) is 0 Å². The minimum absolute atomic E-state index is 0.354. The van der Waals surface area contributed by atoms with E-state index in [0.717, 1.165) is 0 Å². The maximum absolute atomic E-state index is 12.6. The van der Waals surface area contributed by atoms with Gasteiger partial charge < -0.3 is 0 Å². The molecule has 0 spiro atoms. The van der Waals surface area contributed by atoms with E-state index < -0.39 is 5.38 Å². The quantitative estimate of drug-likeness (QED) is 0.699. The average Bonchev–Trinajstić information content (AvgIpc) is 2.03. The Hall–Kier alpha value is -0.590. The van der Waals surface area contributed by atoms with Gasteiger partial charge in [0, 0.05) is 4.47 Å². The molecule has 0 aliphatic carbocycles. The van der Waals surface area contributed by atoms with E-state index in [9.17, 15) is 4.39 Å². The molecule has 4 heteroatoms. The fraction of sp³-hybridized carbons (Fsp3) is 0.125. The van der Waals surface area contributed by atoms with Crippen LogP contribution < -0.4 is 0 Å². The van der Waals surface area contributed by atoms with Gasteiger partial charge in [-0.2, -0.15) is 5.26 Å². The Balaban J connectivity index is 3.11. The van der Waals surface area contributed by atoms with Crippen molar-refractivity contribution >= 4 is 27.5 Å². The van der Waals surface area contributed by atoms with Crippen molar-refractivity contribution in [1.82, 2.24) is 0 Å². The molecule has 0 bridgehead atoms. The fourth-order valence-corrected chi connectivity index (χ4v) is 1.68. The summed E-state index contributed by atoms with van der Waals surface area (Å²) >= 11 is 8.75. The molecule has 0 aromatic heterocycles. The highest BCUT2D eigenvalue weighted by Gasteiger charge is 2.10. The van der Waals surface area contributed by atoms with Gasteiger partial charge in [-0.25, -0.2) is 4.39 Å². The van der Waals surface area contributed by atoms with Gasteiger partial charge in [0.2, 0.25) is 0 Å². The molecule has 1 unspecified atom stereocenters. The van der Waals surface area contributed by atoms with E-state index in [1.807, 2.05) is 6.07 Å². The molecule has 0 heterocycles. The van der Waals surface area contributed by atoms with E-state index in [1.165, 1.54) is 18.2 Å². The molecule has 1 aromatic carbocycles. The Labute approximate surface area is 82.9 Å². The minimum atomic E-state index is -0.736. The molecule has 1 nitrogen and oxygen atoms in total. The lowest BCUT2D eigenvalue weighted by atomic mass is 10.2. The van der Waals surface area contributed by atoms with Gasteiger partial charge in [0.15, 0.2) is 0 Å². The maximum Gasteiger partial charge on any atom is 0.146 e. The summed E-state index contributed by atoms with van der Waals surface area (Å²) in [5.41, 5.74) is 0.584. The third kappa shape index (κ3) is 1.96. The normalized spacial score (nSPS) is 12.2. The van der Waals surface area contributed by atoms with Crippen LogP contribution in [0.5, 0.6) is 0 Å². The molecule has 0 saturated heterocycles. The second-order valence-corrected chi connectivity index (χ2v) is 3.45. The van der Waals surface area contributed by atoms with E-state index in [4.69, 9.17) is 16.9 Å². The minimum Gasteiger partial charge on any atom is -0.207 e. The Bertz CT molecular complexity index is 334. The van der Waals surface area contributed by atoms with Gasteiger partial charge in [0.1, 0.15) is 11.2 Å². The first-order valence-electron chi connectivity index (χ1n) is 3.14. The molecule has 0 saturated carbocycles. The Morgan fingerprint density at radius 1 is 1.58 bits per heavy atom. The Morgan fingerprint density at radius 3 is 2.75 bits per heavy atom. The number of hydrogen-bond acceptors (Lipinski definition) is 1. The molecule has 12 heavy (non-hydrogen) atoms. The van der Waals surface area contributed by atoms with Crippen LogP contribution in [0.4, 0.5) is 4.39 Å².